The Balaban J connectivity index is 2.06. The van der Waals surface area contributed by atoms with Gasteiger partial charge in [0.15, 0.2) is 0 Å². The molecule has 2 aromatic carbocycles. The zero-order valence-electron chi connectivity index (χ0n) is 10.9. The highest BCUT2D eigenvalue weighted by atomic mass is 16.5. The highest BCUT2D eigenvalue weighted by Gasteiger charge is 2.24. The van der Waals surface area contributed by atoms with Crippen LogP contribution in [0.4, 0.5) is 5.69 Å². The minimum Gasteiger partial charge on any atom is -0.508 e. The molecule has 0 aromatic heterocycles. The maximum Gasteiger partial charge on any atom is 0.256 e. The number of phenols is 1. The number of carbonyl (C=O) groups excluding carboxylic acids is 1. The summed E-state index contributed by atoms with van der Waals surface area (Å²) >= 11 is 0. The summed E-state index contributed by atoms with van der Waals surface area (Å²) in [5, 5.41) is 12.3. The summed E-state index contributed by atoms with van der Waals surface area (Å²) in [6.45, 7) is 0. The summed E-state index contributed by atoms with van der Waals surface area (Å²) in [6, 6.07) is 12.2. The molecule has 4 heteroatoms. The van der Waals surface area contributed by atoms with Gasteiger partial charge in [-0.15, -0.1) is 0 Å². The van der Waals surface area contributed by atoms with Gasteiger partial charge in [0.2, 0.25) is 0 Å². The van der Waals surface area contributed by atoms with Crippen LogP contribution >= 0.6 is 0 Å². The molecule has 4 nitrogen and oxygen atoms in total. The van der Waals surface area contributed by atoms with Gasteiger partial charge < -0.3 is 15.2 Å². The molecule has 2 N–H and O–H groups in total. The minimum atomic E-state index is -0.156. The third-order valence-corrected chi connectivity index (χ3v) is 3.19. The number of phenolic OH excluding ortho intramolecular Hbond substituents is 1. The fraction of sp³-hybridized carbons (Fsp3) is 0.0625. The van der Waals surface area contributed by atoms with Gasteiger partial charge in [-0.3, -0.25) is 4.79 Å². The number of ether oxygens (including phenoxy) is 1. The van der Waals surface area contributed by atoms with E-state index in [0.29, 0.717) is 11.3 Å². The van der Waals surface area contributed by atoms with Crippen LogP contribution in [0.2, 0.25) is 0 Å². The molecular weight excluding hydrogens is 254 g/mol. The lowest BCUT2D eigenvalue weighted by Gasteiger charge is -2.02. The van der Waals surface area contributed by atoms with Crippen molar-refractivity contribution in [2.45, 2.75) is 0 Å². The molecule has 0 radical (unpaired) electrons. The number of rotatable bonds is 2. The van der Waals surface area contributed by atoms with Gasteiger partial charge >= 0.3 is 0 Å². The first-order valence-electron chi connectivity index (χ1n) is 6.18. The van der Waals surface area contributed by atoms with Gasteiger partial charge in [-0.1, -0.05) is 12.1 Å². The van der Waals surface area contributed by atoms with Gasteiger partial charge in [0, 0.05) is 17.2 Å². The number of amides is 1. The monoisotopic (exact) mass is 267 g/mol. The standard InChI is InChI=1S/C16H13NO3/c1-20-12-5-6-13-14(16(19)17-15(13)9-12)8-10-3-2-4-11(18)7-10/h2-9,18H,1H3,(H,17,19)/b14-8+. The second-order valence-corrected chi connectivity index (χ2v) is 4.52. The van der Waals surface area contributed by atoms with E-state index >= 15 is 0 Å². The van der Waals surface area contributed by atoms with Crippen molar-refractivity contribution in [1.82, 2.24) is 0 Å². The first kappa shape index (κ1) is 12.3. The van der Waals surface area contributed by atoms with E-state index in [2.05, 4.69) is 5.32 Å². The Labute approximate surface area is 116 Å². The average Bonchev–Trinajstić information content (AvgIpc) is 2.74. The molecule has 3 rings (SSSR count). The highest BCUT2D eigenvalue weighted by molar-refractivity contribution is 6.35. The molecule has 2 aromatic rings. The van der Waals surface area contributed by atoms with Crippen molar-refractivity contribution >= 4 is 23.2 Å². The lowest BCUT2D eigenvalue weighted by Crippen LogP contribution is -2.03. The van der Waals surface area contributed by atoms with Gasteiger partial charge in [-0.25, -0.2) is 0 Å². The Morgan fingerprint density at radius 2 is 2.05 bits per heavy atom. The maximum absolute atomic E-state index is 12.0. The second-order valence-electron chi connectivity index (χ2n) is 4.52. The van der Waals surface area contributed by atoms with Crippen LogP contribution in [0, 0.1) is 0 Å². The number of hydrogen-bond acceptors (Lipinski definition) is 3. The quantitative estimate of drug-likeness (QED) is 0.822. The molecule has 0 atom stereocenters. The zero-order chi connectivity index (χ0) is 14.1. The Morgan fingerprint density at radius 3 is 2.80 bits per heavy atom. The fourth-order valence-corrected chi connectivity index (χ4v) is 2.23. The first-order chi connectivity index (χ1) is 9.67. The normalized spacial score (nSPS) is 15.1. The summed E-state index contributed by atoms with van der Waals surface area (Å²) in [6.07, 6.45) is 1.76. The van der Waals surface area contributed by atoms with Crippen LogP contribution in [0.25, 0.3) is 11.6 Å². The van der Waals surface area contributed by atoms with Gasteiger partial charge in [0.1, 0.15) is 11.5 Å². The molecule has 100 valence electrons. The molecular formula is C16H13NO3. The van der Waals surface area contributed by atoms with E-state index in [9.17, 15) is 9.90 Å². The molecule has 1 aliphatic heterocycles. The number of benzene rings is 2. The number of aromatic hydroxyl groups is 1. The Bertz CT molecular complexity index is 719. The molecule has 0 saturated heterocycles. The first-order valence-corrected chi connectivity index (χ1v) is 6.18. The summed E-state index contributed by atoms with van der Waals surface area (Å²) in [5.74, 6) is 0.715. The van der Waals surface area contributed by atoms with Crippen LogP contribution in [0.3, 0.4) is 0 Å². The molecule has 0 spiro atoms. The topological polar surface area (TPSA) is 58.6 Å². The number of carbonyl (C=O) groups is 1. The minimum absolute atomic E-state index is 0.156. The number of nitrogens with one attached hydrogen (secondary N) is 1. The van der Waals surface area contributed by atoms with E-state index in [1.54, 1.807) is 37.5 Å². The van der Waals surface area contributed by atoms with Gasteiger partial charge in [-0.05, 0) is 35.9 Å². The lowest BCUT2D eigenvalue weighted by atomic mass is 10.0. The smallest absolute Gasteiger partial charge is 0.256 e. The molecule has 0 saturated carbocycles. The van der Waals surface area contributed by atoms with E-state index in [1.807, 2.05) is 18.2 Å². The van der Waals surface area contributed by atoms with Crippen LogP contribution in [-0.2, 0) is 4.79 Å². The SMILES string of the molecule is COc1ccc2c(c1)NC(=O)/C2=C/c1cccc(O)c1. The van der Waals surface area contributed by atoms with E-state index < -0.39 is 0 Å². The third kappa shape index (κ3) is 2.12. The second kappa shape index (κ2) is 4.74. The van der Waals surface area contributed by atoms with Crippen molar-refractivity contribution in [2.24, 2.45) is 0 Å². The third-order valence-electron chi connectivity index (χ3n) is 3.19. The summed E-state index contributed by atoms with van der Waals surface area (Å²) in [5.41, 5.74) is 2.92. The van der Waals surface area contributed by atoms with Crippen molar-refractivity contribution in [2.75, 3.05) is 12.4 Å². The Hall–Kier alpha value is -2.75. The molecule has 1 heterocycles. The van der Waals surface area contributed by atoms with Crippen LogP contribution < -0.4 is 10.1 Å². The Kier molecular flexibility index (Phi) is 2.91. The van der Waals surface area contributed by atoms with Crippen molar-refractivity contribution in [1.29, 1.82) is 0 Å². The number of fused-ring (bicyclic) bond motifs is 1. The largest absolute Gasteiger partial charge is 0.508 e. The molecule has 1 amide bonds. The van der Waals surface area contributed by atoms with Crippen LogP contribution in [0.5, 0.6) is 11.5 Å². The van der Waals surface area contributed by atoms with Crippen molar-refractivity contribution in [3.05, 3.63) is 53.6 Å². The fourth-order valence-electron chi connectivity index (χ4n) is 2.23. The average molecular weight is 267 g/mol. The van der Waals surface area contributed by atoms with Crippen molar-refractivity contribution < 1.29 is 14.6 Å². The predicted octanol–water partition coefficient (Wildman–Crippen LogP) is 2.89. The van der Waals surface area contributed by atoms with E-state index in [4.69, 9.17) is 4.74 Å². The van der Waals surface area contributed by atoms with Crippen molar-refractivity contribution in [3.63, 3.8) is 0 Å². The number of methoxy groups -OCH3 is 1. The highest BCUT2D eigenvalue weighted by Crippen LogP contribution is 2.35. The zero-order valence-corrected chi connectivity index (χ0v) is 10.9. The van der Waals surface area contributed by atoms with Crippen LogP contribution in [0.15, 0.2) is 42.5 Å². The van der Waals surface area contributed by atoms with E-state index in [-0.39, 0.29) is 11.7 Å². The molecule has 0 fully saturated rings. The molecule has 0 bridgehead atoms. The van der Waals surface area contributed by atoms with Gasteiger partial charge in [-0.2, -0.15) is 0 Å². The predicted molar refractivity (Wildman–Crippen MR) is 77.6 cm³/mol. The van der Waals surface area contributed by atoms with Crippen LogP contribution in [0.1, 0.15) is 11.1 Å². The molecule has 20 heavy (non-hydrogen) atoms. The lowest BCUT2D eigenvalue weighted by molar-refractivity contribution is -0.110. The number of anilines is 1. The summed E-state index contributed by atoms with van der Waals surface area (Å²) in [4.78, 5) is 12.0. The number of hydrogen-bond donors (Lipinski definition) is 2. The molecule has 1 aliphatic rings. The van der Waals surface area contributed by atoms with E-state index in [1.165, 1.54) is 0 Å². The van der Waals surface area contributed by atoms with E-state index in [0.717, 1.165) is 16.8 Å². The van der Waals surface area contributed by atoms with Gasteiger partial charge in [0.25, 0.3) is 5.91 Å². The van der Waals surface area contributed by atoms with Crippen molar-refractivity contribution in [3.8, 4) is 11.5 Å². The summed E-state index contributed by atoms with van der Waals surface area (Å²) in [7, 11) is 1.59. The maximum atomic E-state index is 12.0. The van der Waals surface area contributed by atoms with Gasteiger partial charge in [0.05, 0.1) is 12.8 Å². The Morgan fingerprint density at radius 1 is 1.20 bits per heavy atom. The molecule has 0 unspecified atom stereocenters. The molecule has 0 aliphatic carbocycles. The summed E-state index contributed by atoms with van der Waals surface area (Å²) < 4.78 is 5.14. The van der Waals surface area contributed by atoms with Crippen LogP contribution in [-0.4, -0.2) is 18.1 Å².